The number of sulfone groups is 2. The lowest BCUT2D eigenvalue weighted by Crippen LogP contribution is -2.15. The second kappa shape index (κ2) is 90.8. The Balaban J connectivity index is 0.000000925. The second-order valence-electron chi connectivity index (χ2n) is 36.6. The minimum atomic E-state index is -3.58. The SMILES string of the molecule is O=C(O)CCCCCCCCCCCOc1ccccc1S(=O)(=O)CCCC(=O)O.O=C(O)CCCCCCCCCCCOc1ccccc1[S+]([O-])CCCC(=O)O.O=C(O)CCCCCCCCCCCS(=O)(=O)c1ccccc1OCCCC(=O)O.O=C(O)CCCCCCCCCCC[S+]([O-])c1ccccc1OCCCC(=O)O.O=C(O)CCCCCCCCCCC[S+]([O-])c1ccccc1[S+]([O-])CCCC(=O)O. The van der Waals surface area contributed by atoms with E-state index in [1.54, 1.807) is 72.8 Å². The smallest absolute Gasteiger partial charge is 0.303 e. The fraction of sp³-hybridized carbons (Fsp3) is 0.636. The van der Waals surface area contributed by atoms with Gasteiger partial charge in [0.25, 0.3) is 0 Å². The van der Waals surface area contributed by atoms with Gasteiger partial charge in [0.1, 0.15) is 44.3 Å². The Morgan fingerprint density at radius 1 is 0.189 bits per heavy atom. The Morgan fingerprint density at radius 2 is 0.358 bits per heavy atom. The molecule has 10 N–H and O–H groups in total. The lowest BCUT2D eigenvalue weighted by Gasteiger charge is -2.16. The summed E-state index contributed by atoms with van der Waals surface area (Å²) in [6.07, 6.45) is 48.5. The number of aliphatic carboxylic acids is 10. The first-order valence-electron chi connectivity index (χ1n) is 53.2. The van der Waals surface area contributed by atoms with Crippen LogP contribution in [0.5, 0.6) is 23.0 Å². The zero-order valence-corrected chi connectivity index (χ0v) is 91.8. The van der Waals surface area contributed by atoms with Gasteiger partial charge in [0, 0.05) is 77.0 Å². The molecule has 0 spiro atoms. The number of benzene rings is 5. The third-order valence-electron chi connectivity index (χ3n) is 23.6. The van der Waals surface area contributed by atoms with Crippen LogP contribution in [0.25, 0.3) is 0 Å². The Hall–Kier alpha value is -8.86. The molecule has 4 unspecified atom stereocenters. The zero-order chi connectivity index (χ0) is 109. The van der Waals surface area contributed by atoms with Crippen LogP contribution in [0.3, 0.4) is 0 Å². The minimum absolute atomic E-state index is 0.0146. The van der Waals surface area contributed by atoms with Gasteiger partial charge in [0.2, 0.25) is 9.79 Å². The molecule has 0 saturated carbocycles. The van der Waals surface area contributed by atoms with Crippen molar-refractivity contribution in [2.45, 2.75) is 415 Å². The van der Waals surface area contributed by atoms with Crippen molar-refractivity contribution in [3.63, 3.8) is 0 Å². The van der Waals surface area contributed by atoms with Crippen LogP contribution in [-0.2, 0) is 112 Å². The molecule has 0 aromatic heterocycles. The molecule has 0 aliphatic heterocycles. The van der Waals surface area contributed by atoms with Crippen LogP contribution < -0.4 is 18.9 Å². The summed E-state index contributed by atoms with van der Waals surface area (Å²) in [5.41, 5.74) is 0. The fourth-order valence-electron chi connectivity index (χ4n) is 15.5. The lowest BCUT2D eigenvalue weighted by atomic mass is 10.1. The third-order valence-corrected chi connectivity index (χ3v) is 33.3. The highest BCUT2D eigenvalue weighted by atomic mass is 32.2. The number of carbonyl (C=O) groups is 10. The summed E-state index contributed by atoms with van der Waals surface area (Å²) in [4.78, 5) is 108. The normalized spacial score (nSPS) is 11.9. The van der Waals surface area contributed by atoms with E-state index in [-0.39, 0.29) is 110 Å². The quantitative estimate of drug-likeness (QED) is 0.0128. The molecule has 0 aliphatic carbocycles. The molecule has 0 radical (unpaired) electrons. The molecule has 38 heteroatoms. The van der Waals surface area contributed by atoms with Gasteiger partial charge in [-0.3, -0.25) is 47.9 Å². The van der Waals surface area contributed by atoms with Crippen LogP contribution in [0.4, 0.5) is 0 Å². The number of ether oxygens (including phenoxy) is 4. The summed E-state index contributed by atoms with van der Waals surface area (Å²) in [7, 11) is -7.03. The average Bonchev–Trinajstić information content (AvgIpc) is 0.825. The summed E-state index contributed by atoms with van der Waals surface area (Å²) >= 11 is -4.91. The number of para-hydroxylation sites is 4. The number of carboxylic acid groups (broad SMARTS) is 10. The summed E-state index contributed by atoms with van der Waals surface area (Å²) in [5, 5.41) is 86.3. The van der Waals surface area contributed by atoms with Gasteiger partial charge in [0.15, 0.2) is 41.0 Å². The first-order chi connectivity index (χ1) is 71.1. The molecule has 4 atom stereocenters. The van der Waals surface area contributed by atoms with E-state index < -0.39 is 124 Å². The summed E-state index contributed by atoms with van der Waals surface area (Å²) in [5.74, 6) is -4.74. The van der Waals surface area contributed by atoms with E-state index in [1.165, 1.54) is 31.4 Å². The van der Waals surface area contributed by atoms with Gasteiger partial charge in [-0.15, -0.1) is 0 Å². The monoisotopic (exact) mass is 2190 g/mol. The molecular weight excluding hydrogens is 2030 g/mol. The Kier molecular flexibility index (Phi) is 84.2. The maximum atomic E-state index is 12.7. The number of carboxylic acids is 10. The molecule has 0 bridgehead atoms. The van der Waals surface area contributed by atoms with Gasteiger partial charge < -0.3 is 88.2 Å². The number of rotatable bonds is 90. The molecule has 838 valence electrons. The van der Waals surface area contributed by atoms with Gasteiger partial charge in [0.05, 0.1) is 37.9 Å². The van der Waals surface area contributed by atoms with E-state index in [2.05, 4.69) is 0 Å². The van der Waals surface area contributed by atoms with E-state index in [4.69, 9.17) is 70.0 Å². The molecule has 5 rings (SSSR count). The Bertz CT molecular complexity index is 4620. The van der Waals surface area contributed by atoms with E-state index in [0.29, 0.717) is 106 Å². The highest BCUT2D eigenvalue weighted by Crippen LogP contribution is 2.32. The highest BCUT2D eigenvalue weighted by molar-refractivity contribution is 7.94. The molecule has 0 amide bonds. The molecule has 5 aromatic rings. The molecule has 0 heterocycles. The van der Waals surface area contributed by atoms with Crippen molar-refractivity contribution in [2.75, 3.05) is 60.9 Å². The molecule has 32 nitrogen and oxygen atoms in total. The van der Waals surface area contributed by atoms with E-state index in [0.717, 1.165) is 263 Å². The van der Waals surface area contributed by atoms with Crippen LogP contribution in [0.15, 0.2) is 151 Å². The maximum Gasteiger partial charge on any atom is 0.303 e. The van der Waals surface area contributed by atoms with Crippen molar-refractivity contribution >= 4 is 124 Å². The number of hydrogen-bond donors (Lipinski definition) is 10. The van der Waals surface area contributed by atoms with Crippen LogP contribution in [0.1, 0.15) is 385 Å². The standard InChI is InChI=1S/2C22H34O7S.C22H34O6S2.2C22H34O6S/c23-21(24)15-8-6-4-2-1-3-5-7-11-18-30(27,28)20-14-10-9-13-19(20)29-17-12-16-22(25)26;23-21(24)15-8-6-4-2-1-3-5-7-11-17-29-19-13-9-10-14-20(19)30(27,28)18-12-16-22(25)26;23-21(24)15-8-6-4-2-1-3-5-7-11-17-29(27)19-13-9-10-14-20(19)30(28)18-12-16-22(25)26;23-21(24)15-8-6-4-2-1-3-5-7-11-18-29(27)20-14-10-9-13-19(20)28-17-12-16-22(25)26;23-21(24)15-8-6-4-2-1-3-5-7-11-17-28-19-13-9-10-14-20(19)29(27)18-12-16-22(25)26/h3*9-10,13-14H,1-8,11-12,15-18H2,(H,23,24)(H,25,26);2*9-10,13-14H,1-8,11-12,15-18H2,(H,23,24)(H,25,26). The Labute approximate surface area is 891 Å². The van der Waals surface area contributed by atoms with Crippen molar-refractivity contribution < 1.29 is 153 Å². The molecular formula is C110H170O32S6. The van der Waals surface area contributed by atoms with Gasteiger partial charge in [-0.05, 0) is 202 Å². The molecule has 148 heavy (non-hydrogen) atoms. The van der Waals surface area contributed by atoms with Gasteiger partial charge >= 0.3 is 59.7 Å². The van der Waals surface area contributed by atoms with Crippen LogP contribution in [0.2, 0.25) is 0 Å². The van der Waals surface area contributed by atoms with Gasteiger partial charge in [-0.1, -0.05) is 273 Å². The minimum Gasteiger partial charge on any atom is -0.611 e. The number of hydrogen-bond acceptors (Lipinski definition) is 22. The largest absolute Gasteiger partial charge is 0.611 e. The first kappa shape index (κ1) is 137. The average molecular weight is 2200 g/mol. The van der Waals surface area contributed by atoms with Crippen molar-refractivity contribution in [1.82, 2.24) is 0 Å². The van der Waals surface area contributed by atoms with E-state index >= 15 is 0 Å². The summed E-state index contributed by atoms with van der Waals surface area (Å²) in [6.45, 7) is 1.49. The zero-order valence-electron chi connectivity index (χ0n) is 86.9. The van der Waals surface area contributed by atoms with Crippen LogP contribution in [0, 0.1) is 0 Å². The lowest BCUT2D eigenvalue weighted by molar-refractivity contribution is -0.138. The number of unbranched alkanes of at least 4 members (excludes halogenated alkanes) is 40. The van der Waals surface area contributed by atoms with Crippen LogP contribution >= 0.6 is 0 Å². The van der Waals surface area contributed by atoms with Crippen molar-refractivity contribution in [3.8, 4) is 23.0 Å². The second-order valence-corrected chi connectivity index (χ2v) is 46.9. The highest BCUT2D eigenvalue weighted by Gasteiger charge is 2.27. The third kappa shape index (κ3) is 78.3. The fourth-order valence-corrected chi connectivity index (χ4v) is 23.9. The van der Waals surface area contributed by atoms with Gasteiger partial charge in [-0.25, -0.2) is 16.8 Å². The van der Waals surface area contributed by atoms with Crippen molar-refractivity contribution in [1.29, 1.82) is 0 Å². The molecule has 5 aromatic carbocycles. The predicted octanol–water partition coefficient (Wildman–Crippen LogP) is 24.2. The van der Waals surface area contributed by atoms with Crippen LogP contribution in [-0.4, -0.2) is 207 Å². The van der Waals surface area contributed by atoms with Crippen molar-refractivity contribution in [2.24, 2.45) is 0 Å². The predicted molar refractivity (Wildman–Crippen MR) is 577 cm³/mol. The molecule has 0 aliphatic rings. The van der Waals surface area contributed by atoms with Crippen molar-refractivity contribution in [3.05, 3.63) is 121 Å². The molecule has 0 fully saturated rings. The molecule has 0 saturated heterocycles. The van der Waals surface area contributed by atoms with Gasteiger partial charge in [-0.2, -0.15) is 0 Å². The Morgan fingerprint density at radius 3 is 0.628 bits per heavy atom. The topological polar surface area (TPSA) is 570 Å². The first-order valence-corrected chi connectivity index (χ1v) is 61.8. The maximum absolute atomic E-state index is 12.7. The van der Waals surface area contributed by atoms with E-state index in [1.807, 2.05) is 36.4 Å². The van der Waals surface area contributed by atoms with E-state index in [9.17, 15) is 83.0 Å². The summed E-state index contributed by atoms with van der Waals surface area (Å²) in [6, 6.07) is 34.6. The summed E-state index contributed by atoms with van der Waals surface area (Å²) < 4.78 is 123.